The van der Waals surface area contributed by atoms with Crippen LogP contribution in [0.2, 0.25) is 0 Å². The number of fused-ring (bicyclic) bond motifs is 1. The molecule has 2 heterocycles. The number of nitrogens with zero attached hydrogens (tertiary/aromatic N) is 4. The number of hydrogen-bond donors (Lipinski definition) is 2. The fourth-order valence-corrected chi connectivity index (χ4v) is 3.38. The molecule has 0 saturated heterocycles. The Balaban J connectivity index is 1.75. The second-order valence-corrected chi connectivity index (χ2v) is 6.51. The third kappa shape index (κ3) is 2.82. The normalized spacial score (nSPS) is 14.9. The molecule has 7 heteroatoms. The van der Waals surface area contributed by atoms with Crippen molar-refractivity contribution in [1.82, 2.24) is 19.7 Å². The number of rotatable bonds is 3. The van der Waals surface area contributed by atoms with Crippen molar-refractivity contribution in [3.63, 3.8) is 0 Å². The Hall–Kier alpha value is -2.96. The summed E-state index contributed by atoms with van der Waals surface area (Å²) in [6.45, 7) is 2.00. The fraction of sp³-hybridized carbons (Fsp3) is 0.333. The number of nitrogen functional groups attached to an aromatic ring is 1. The van der Waals surface area contributed by atoms with Gasteiger partial charge in [-0.1, -0.05) is 30.5 Å². The summed E-state index contributed by atoms with van der Waals surface area (Å²) in [4.78, 5) is 21.2. The molecule has 3 aromatic rings. The molecule has 0 aliphatic heterocycles. The predicted molar refractivity (Wildman–Crippen MR) is 96.4 cm³/mol. The second kappa shape index (κ2) is 6.16. The zero-order valence-corrected chi connectivity index (χ0v) is 14.1. The first kappa shape index (κ1) is 15.6. The molecule has 0 atom stereocenters. The van der Waals surface area contributed by atoms with E-state index in [0.29, 0.717) is 11.0 Å². The predicted octanol–water partition coefficient (Wildman–Crippen LogP) is 3.08. The van der Waals surface area contributed by atoms with Gasteiger partial charge in [0.15, 0.2) is 11.3 Å². The number of aromatic nitrogens is 4. The minimum Gasteiger partial charge on any atom is -0.383 e. The molecule has 0 unspecified atom stereocenters. The van der Waals surface area contributed by atoms with E-state index in [4.69, 9.17) is 5.73 Å². The standard InChI is InChI=1S/C18H20N6O/c1-11-6-8-12(9-7-11)22-18(25)15-14-16(19)20-10-21-17(14)24(23-15)13-4-2-3-5-13/h6-10,13H,2-5H2,1H3,(H,22,25)(H2,19,20,21). The third-order valence-corrected chi connectivity index (χ3v) is 4.71. The van der Waals surface area contributed by atoms with E-state index in [2.05, 4.69) is 20.4 Å². The minimum absolute atomic E-state index is 0.262. The largest absolute Gasteiger partial charge is 0.383 e. The van der Waals surface area contributed by atoms with E-state index in [1.807, 2.05) is 35.9 Å². The Morgan fingerprint density at radius 1 is 1.20 bits per heavy atom. The number of benzene rings is 1. The van der Waals surface area contributed by atoms with E-state index in [9.17, 15) is 4.79 Å². The van der Waals surface area contributed by atoms with Crippen molar-refractivity contribution in [2.45, 2.75) is 38.6 Å². The molecule has 1 fully saturated rings. The van der Waals surface area contributed by atoms with Crippen LogP contribution < -0.4 is 11.1 Å². The van der Waals surface area contributed by atoms with Gasteiger partial charge in [0.25, 0.3) is 5.91 Å². The molecule has 128 valence electrons. The van der Waals surface area contributed by atoms with Crippen molar-refractivity contribution in [3.8, 4) is 0 Å². The molecule has 25 heavy (non-hydrogen) atoms. The lowest BCUT2D eigenvalue weighted by molar-refractivity contribution is 0.102. The van der Waals surface area contributed by atoms with Gasteiger partial charge < -0.3 is 11.1 Å². The van der Waals surface area contributed by atoms with E-state index in [0.717, 1.165) is 36.9 Å². The molecule has 1 aliphatic carbocycles. The fourth-order valence-electron chi connectivity index (χ4n) is 3.38. The molecule has 0 radical (unpaired) electrons. The monoisotopic (exact) mass is 336 g/mol. The van der Waals surface area contributed by atoms with Crippen LogP contribution in [-0.4, -0.2) is 25.7 Å². The average Bonchev–Trinajstić information content (AvgIpc) is 3.24. The molecule has 7 nitrogen and oxygen atoms in total. The SMILES string of the molecule is Cc1ccc(NC(=O)c2nn(C3CCCC3)c3ncnc(N)c23)cc1. The van der Waals surface area contributed by atoms with E-state index in [1.54, 1.807) is 0 Å². The first-order valence-corrected chi connectivity index (χ1v) is 8.50. The first-order valence-electron chi connectivity index (χ1n) is 8.50. The number of anilines is 2. The minimum atomic E-state index is -0.299. The highest BCUT2D eigenvalue weighted by Gasteiger charge is 2.26. The maximum Gasteiger partial charge on any atom is 0.277 e. The summed E-state index contributed by atoms with van der Waals surface area (Å²) in [7, 11) is 0. The van der Waals surface area contributed by atoms with E-state index in [1.165, 1.54) is 6.33 Å². The van der Waals surface area contributed by atoms with Crippen LogP contribution in [-0.2, 0) is 0 Å². The highest BCUT2D eigenvalue weighted by atomic mass is 16.2. The van der Waals surface area contributed by atoms with Gasteiger partial charge in [-0.2, -0.15) is 5.10 Å². The first-order chi connectivity index (χ1) is 12.1. The number of amides is 1. The van der Waals surface area contributed by atoms with Gasteiger partial charge in [-0.15, -0.1) is 0 Å². The van der Waals surface area contributed by atoms with Crippen LogP contribution in [0.15, 0.2) is 30.6 Å². The zero-order chi connectivity index (χ0) is 17.4. The van der Waals surface area contributed by atoms with Gasteiger partial charge in [0.1, 0.15) is 12.1 Å². The van der Waals surface area contributed by atoms with E-state index in [-0.39, 0.29) is 23.5 Å². The van der Waals surface area contributed by atoms with Crippen LogP contribution in [0.3, 0.4) is 0 Å². The summed E-state index contributed by atoms with van der Waals surface area (Å²) < 4.78 is 1.85. The van der Waals surface area contributed by atoms with Crippen LogP contribution in [0.5, 0.6) is 0 Å². The van der Waals surface area contributed by atoms with Gasteiger partial charge in [-0.25, -0.2) is 14.6 Å². The van der Waals surface area contributed by atoms with Crippen molar-refractivity contribution in [1.29, 1.82) is 0 Å². The Kier molecular flexibility index (Phi) is 3.83. The van der Waals surface area contributed by atoms with Crippen LogP contribution >= 0.6 is 0 Å². The van der Waals surface area contributed by atoms with Crippen molar-refractivity contribution in [2.75, 3.05) is 11.1 Å². The van der Waals surface area contributed by atoms with Gasteiger partial charge in [-0.3, -0.25) is 4.79 Å². The molecule has 4 rings (SSSR count). The maximum absolute atomic E-state index is 12.8. The van der Waals surface area contributed by atoms with Crippen molar-refractivity contribution >= 4 is 28.4 Å². The summed E-state index contributed by atoms with van der Waals surface area (Å²) in [5.74, 6) is -0.0181. The highest BCUT2D eigenvalue weighted by Crippen LogP contribution is 2.33. The molecule has 3 N–H and O–H groups in total. The van der Waals surface area contributed by atoms with Crippen molar-refractivity contribution in [3.05, 3.63) is 41.9 Å². The molecule has 2 aromatic heterocycles. The topological polar surface area (TPSA) is 98.7 Å². The molecule has 0 spiro atoms. The van der Waals surface area contributed by atoms with Crippen LogP contribution in [0.1, 0.15) is 47.8 Å². The number of aryl methyl sites for hydroxylation is 1. The molecule has 1 aromatic carbocycles. The maximum atomic E-state index is 12.8. The van der Waals surface area contributed by atoms with Crippen LogP contribution in [0.4, 0.5) is 11.5 Å². The lowest BCUT2D eigenvalue weighted by Crippen LogP contribution is -2.14. The van der Waals surface area contributed by atoms with Crippen LogP contribution in [0, 0.1) is 6.92 Å². The molecule has 0 bridgehead atoms. The van der Waals surface area contributed by atoms with E-state index >= 15 is 0 Å². The Labute approximate surface area is 145 Å². The molecule has 1 aliphatic rings. The molecular formula is C18H20N6O. The van der Waals surface area contributed by atoms with Crippen LogP contribution in [0.25, 0.3) is 11.0 Å². The van der Waals surface area contributed by atoms with Gasteiger partial charge in [0.05, 0.1) is 11.4 Å². The van der Waals surface area contributed by atoms with Gasteiger partial charge >= 0.3 is 0 Å². The lowest BCUT2D eigenvalue weighted by Gasteiger charge is -2.10. The van der Waals surface area contributed by atoms with Crippen molar-refractivity contribution in [2.24, 2.45) is 0 Å². The second-order valence-electron chi connectivity index (χ2n) is 6.51. The summed E-state index contributed by atoms with van der Waals surface area (Å²) in [5, 5.41) is 7.98. The number of carbonyl (C=O) groups is 1. The molecule has 1 amide bonds. The smallest absolute Gasteiger partial charge is 0.277 e. The quantitative estimate of drug-likeness (QED) is 0.766. The summed E-state index contributed by atoms with van der Waals surface area (Å²) in [6.07, 6.45) is 5.83. The number of nitrogens with one attached hydrogen (secondary N) is 1. The van der Waals surface area contributed by atoms with Gasteiger partial charge in [0.2, 0.25) is 0 Å². The lowest BCUT2D eigenvalue weighted by atomic mass is 10.2. The Bertz CT molecular complexity index is 925. The summed E-state index contributed by atoms with van der Waals surface area (Å²) in [6, 6.07) is 7.88. The number of carbonyl (C=O) groups excluding carboxylic acids is 1. The molecular weight excluding hydrogens is 316 g/mol. The molecule has 1 saturated carbocycles. The summed E-state index contributed by atoms with van der Waals surface area (Å²) >= 11 is 0. The Morgan fingerprint density at radius 2 is 1.92 bits per heavy atom. The van der Waals surface area contributed by atoms with Gasteiger partial charge in [0, 0.05) is 5.69 Å². The third-order valence-electron chi connectivity index (χ3n) is 4.71. The zero-order valence-electron chi connectivity index (χ0n) is 14.1. The summed E-state index contributed by atoms with van der Waals surface area (Å²) in [5.41, 5.74) is 8.80. The van der Waals surface area contributed by atoms with Gasteiger partial charge in [-0.05, 0) is 31.9 Å². The average molecular weight is 336 g/mol. The highest BCUT2D eigenvalue weighted by molar-refractivity contribution is 6.13. The Morgan fingerprint density at radius 3 is 2.64 bits per heavy atom. The number of hydrogen-bond acceptors (Lipinski definition) is 5. The van der Waals surface area contributed by atoms with Crippen molar-refractivity contribution < 1.29 is 4.79 Å². The van der Waals surface area contributed by atoms with E-state index < -0.39 is 0 Å². The number of nitrogens with two attached hydrogens (primary N) is 1.